The van der Waals surface area contributed by atoms with E-state index >= 15 is 0 Å². The molecule has 3 nitrogen and oxygen atoms in total. The van der Waals surface area contributed by atoms with Crippen LogP contribution in [0.1, 0.15) is 19.3 Å². The summed E-state index contributed by atoms with van der Waals surface area (Å²) in [5.74, 6) is 0.166. The Morgan fingerprint density at radius 1 is 1.20 bits per heavy atom. The van der Waals surface area contributed by atoms with Crippen LogP contribution < -0.4 is 5.43 Å². The number of halogens is 1. The van der Waals surface area contributed by atoms with E-state index < -0.39 is 0 Å². The van der Waals surface area contributed by atoms with Gasteiger partial charge in [-0.3, -0.25) is 10.2 Å². The molecule has 0 amide bonds. The van der Waals surface area contributed by atoms with Gasteiger partial charge in [-0.25, -0.2) is 0 Å². The molecule has 15 heavy (non-hydrogen) atoms. The number of rotatable bonds is 2. The van der Waals surface area contributed by atoms with E-state index in [4.69, 9.17) is 0 Å². The van der Waals surface area contributed by atoms with Crippen molar-refractivity contribution < 1.29 is 4.79 Å². The lowest BCUT2D eigenvalue weighted by molar-refractivity contribution is -0.112. The van der Waals surface area contributed by atoms with Crippen LogP contribution in [0.4, 0.5) is 5.69 Å². The summed E-state index contributed by atoms with van der Waals surface area (Å²) in [6.45, 7) is 0. The molecule has 1 aromatic carbocycles. The van der Waals surface area contributed by atoms with Crippen LogP contribution in [0.3, 0.4) is 0 Å². The third-order valence-electron chi connectivity index (χ3n) is 2.30. The molecule has 78 valence electrons. The Hall–Kier alpha value is -1.16. The Kier molecular flexibility index (Phi) is 3.16. The normalized spacial score (nSPS) is 18.5. The van der Waals surface area contributed by atoms with Crippen molar-refractivity contribution in [2.75, 3.05) is 5.43 Å². The highest BCUT2D eigenvalue weighted by Crippen LogP contribution is 2.15. The average molecular weight is 267 g/mol. The van der Waals surface area contributed by atoms with E-state index in [1.165, 1.54) is 0 Å². The maximum Gasteiger partial charge on any atom is 0.178 e. The highest BCUT2D eigenvalue weighted by atomic mass is 79.9. The van der Waals surface area contributed by atoms with Crippen molar-refractivity contribution in [1.29, 1.82) is 0 Å². The monoisotopic (exact) mass is 266 g/mol. The first-order valence-electron chi connectivity index (χ1n) is 4.87. The molecule has 0 heterocycles. The first-order valence-corrected chi connectivity index (χ1v) is 5.66. The highest BCUT2D eigenvalue weighted by Gasteiger charge is 2.18. The Balaban J connectivity index is 2.03. The van der Waals surface area contributed by atoms with Crippen LogP contribution in [0.5, 0.6) is 0 Å². The SMILES string of the molecule is O=C1CCC/C1=N\Nc1ccc(Br)cc1. The molecule has 1 N–H and O–H groups in total. The van der Waals surface area contributed by atoms with E-state index in [1.807, 2.05) is 24.3 Å². The number of nitrogens with zero attached hydrogens (tertiary/aromatic N) is 1. The van der Waals surface area contributed by atoms with Crippen molar-refractivity contribution in [3.05, 3.63) is 28.7 Å². The van der Waals surface area contributed by atoms with Gasteiger partial charge in [-0.05, 0) is 37.1 Å². The number of benzene rings is 1. The van der Waals surface area contributed by atoms with Gasteiger partial charge < -0.3 is 0 Å². The Labute approximate surface area is 96.7 Å². The average Bonchev–Trinajstić information content (AvgIpc) is 2.63. The van der Waals surface area contributed by atoms with Gasteiger partial charge in [-0.2, -0.15) is 5.10 Å². The van der Waals surface area contributed by atoms with E-state index in [0.29, 0.717) is 12.1 Å². The van der Waals surface area contributed by atoms with Crippen molar-refractivity contribution in [2.24, 2.45) is 5.10 Å². The largest absolute Gasteiger partial charge is 0.293 e. The van der Waals surface area contributed by atoms with Gasteiger partial charge >= 0.3 is 0 Å². The first kappa shape index (κ1) is 10.4. The van der Waals surface area contributed by atoms with Crippen LogP contribution in [0, 0.1) is 0 Å². The fraction of sp³-hybridized carbons (Fsp3) is 0.273. The molecule has 0 saturated heterocycles. The second-order valence-corrected chi connectivity index (χ2v) is 4.37. The summed E-state index contributed by atoms with van der Waals surface area (Å²) < 4.78 is 1.03. The van der Waals surface area contributed by atoms with Gasteiger partial charge in [0.05, 0.1) is 5.69 Å². The number of carbonyl (C=O) groups is 1. The molecule has 4 heteroatoms. The van der Waals surface area contributed by atoms with Crippen molar-refractivity contribution in [2.45, 2.75) is 19.3 Å². The minimum absolute atomic E-state index is 0.166. The standard InChI is InChI=1S/C11H11BrN2O/c12-8-4-6-9(7-5-8)13-14-10-2-1-3-11(10)15/h4-7,13H,1-3H2/b14-10+. The second-order valence-electron chi connectivity index (χ2n) is 3.45. The number of ketones is 1. The topological polar surface area (TPSA) is 41.5 Å². The van der Waals surface area contributed by atoms with Crippen LogP contribution in [-0.2, 0) is 4.79 Å². The molecular formula is C11H11BrN2O. The number of nitrogens with one attached hydrogen (secondary N) is 1. The van der Waals surface area contributed by atoms with Crippen molar-refractivity contribution in [1.82, 2.24) is 0 Å². The lowest BCUT2D eigenvalue weighted by Gasteiger charge is -2.00. The minimum Gasteiger partial charge on any atom is -0.293 e. The number of Topliss-reactive ketones (excluding diaryl/α,β-unsaturated/α-hetero) is 1. The van der Waals surface area contributed by atoms with Crippen molar-refractivity contribution in [3.63, 3.8) is 0 Å². The summed E-state index contributed by atoms with van der Waals surface area (Å²) in [6, 6.07) is 7.68. The van der Waals surface area contributed by atoms with Crippen LogP contribution in [-0.4, -0.2) is 11.5 Å². The third kappa shape index (κ3) is 2.65. The van der Waals surface area contributed by atoms with E-state index in [9.17, 15) is 4.79 Å². The van der Waals surface area contributed by atoms with Crippen LogP contribution in [0.25, 0.3) is 0 Å². The number of hydrogen-bond acceptors (Lipinski definition) is 3. The van der Waals surface area contributed by atoms with Gasteiger partial charge in [0.2, 0.25) is 0 Å². The fourth-order valence-corrected chi connectivity index (χ4v) is 1.74. The lowest BCUT2D eigenvalue weighted by Crippen LogP contribution is -2.07. The Morgan fingerprint density at radius 2 is 1.93 bits per heavy atom. The molecule has 0 atom stereocenters. The molecule has 1 aromatic rings. The van der Waals surface area contributed by atoms with Gasteiger partial charge in [0.25, 0.3) is 0 Å². The molecule has 0 bridgehead atoms. The van der Waals surface area contributed by atoms with Gasteiger partial charge in [0.15, 0.2) is 5.78 Å². The van der Waals surface area contributed by atoms with E-state index in [-0.39, 0.29) is 5.78 Å². The summed E-state index contributed by atoms with van der Waals surface area (Å²) in [7, 11) is 0. The Morgan fingerprint density at radius 3 is 2.53 bits per heavy atom. The van der Waals surface area contributed by atoms with Crippen LogP contribution in [0.2, 0.25) is 0 Å². The summed E-state index contributed by atoms with van der Waals surface area (Å²) >= 11 is 3.35. The molecule has 0 aromatic heterocycles. The molecular weight excluding hydrogens is 256 g/mol. The summed E-state index contributed by atoms with van der Waals surface area (Å²) in [6.07, 6.45) is 2.36. The molecule has 2 rings (SSSR count). The van der Waals surface area contributed by atoms with Gasteiger partial charge in [0, 0.05) is 10.9 Å². The quantitative estimate of drug-likeness (QED) is 0.837. The van der Waals surface area contributed by atoms with Gasteiger partial charge in [0.1, 0.15) is 5.71 Å². The molecule has 1 aliphatic rings. The van der Waals surface area contributed by atoms with E-state index in [1.54, 1.807) is 0 Å². The summed E-state index contributed by atoms with van der Waals surface area (Å²) in [4.78, 5) is 11.3. The molecule has 0 spiro atoms. The predicted molar refractivity (Wildman–Crippen MR) is 64.1 cm³/mol. The van der Waals surface area contributed by atoms with Crippen LogP contribution >= 0.6 is 15.9 Å². The van der Waals surface area contributed by atoms with Gasteiger partial charge in [-0.15, -0.1) is 0 Å². The zero-order chi connectivity index (χ0) is 10.7. The van der Waals surface area contributed by atoms with Crippen molar-refractivity contribution in [3.8, 4) is 0 Å². The predicted octanol–water partition coefficient (Wildman–Crippen LogP) is 2.97. The zero-order valence-electron chi connectivity index (χ0n) is 8.16. The number of hydrazone groups is 1. The van der Waals surface area contributed by atoms with E-state index in [0.717, 1.165) is 23.0 Å². The highest BCUT2D eigenvalue weighted by molar-refractivity contribution is 9.10. The molecule has 1 fully saturated rings. The number of carbonyl (C=O) groups excluding carboxylic acids is 1. The molecule has 0 radical (unpaired) electrons. The zero-order valence-corrected chi connectivity index (χ0v) is 9.75. The minimum atomic E-state index is 0.166. The van der Waals surface area contributed by atoms with Crippen molar-refractivity contribution >= 4 is 33.1 Å². The lowest BCUT2D eigenvalue weighted by atomic mass is 10.3. The summed E-state index contributed by atoms with van der Waals surface area (Å²) in [5, 5.41) is 4.11. The maximum absolute atomic E-state index is 11.3. The van der Waals surface area contributed by atoms with E-state index in [2.05, 4.69) is 26.5 Å². The summed E-state index contributed by atoms with van der Waals surface area (Å²) in [5.41, 5.74) is 4.45. The molecule has 0 aliphatic heterocycles. The molecule has 1 saturated carbocycles. The van der Waals surface area contributed by atoms with Crippen LogP contribution in [0.15, 0.2) is 33.8 Å². The smallest absolute Gasteiger partial charge is 0.178 e. The fourth-order valence-electron chi connectivity index (χ4n) is 1.47. The molecule has 1 aliphatic carbocycles. The second kappa shape index (κ2) is 4.57. The molecule has 0 unspecified atom stereocenters. The first-order chi connectivity index (χ1) is 7.25. The number of anilines is 1. The maximum atomic E-state index is 11.3. The third-order valence-corrected chi connectivity index (χ3v) is 2.83. The number of hydrogen-bond donors (Lipinski definition) is 1. The van der Waals surface area contributed by atoms with Gasteiger partial charge in [-0.1, -0.05) is 15.9 Å². The Bertz CT molecular complexity index is 398.